The Morgan fingerprint density at radius 1 is 1.07 bits per heavy atom. The fourth-order valence-electron chi connectivity index (χ4n) is 5.51. The fraction of sp³-hybridized carbons (Fsp3) is 0.818. The van der Waals surface area contributed by atoms with Crippen LogP contribution in [0, 0.1) is 62.1 Å². The van der Waals surface area contributed by atoms with Crippen LogP contribution in [0.5, 0.6) is 0 Å². The second-order valence-corrected chi connectivity index (χ2v) is 8.79. The largest absolute Gasteiger partial charge is 0.447 e. The maximum Gasteiger partial charge on any atom is 0.217 e. The normalized spacial score (nSPS) is 37.8. The third-order valence-corrected chi connectivity index (χ3v) is 7.11. The molecule has 1 saturated carbocycles. The molecular weight excluding hydrogens is 352 g/mol. The van der Waals surface area contributed by atoms with Gasteiger partial charge in [0.15, 0.2) is 10.8 Å². The smallest absolute Gasteiger partial charge is 0.217 e. The second kappa shape index (κ2) is 7.73. The molecule has 2 bridgehead atoms. The zero-order chi connectivity index (χ0) is 20.4. The maximum atomic E-state index is 10.2. The molecule has 3 fully saturated rings. The Kier molecular flexibility index (Phi) is 5.69. The summed E-state index contributed by atoms with van der Waals surface area (Å²) in [5.74, 6) is -1.37. The average Bonchev–Trinajstić information content (AvgIpc) is 2.89. The standard InChI is InChI=1S/C22H30N4O2/c1-3-4-5-6-7-8-9-18-20(13-23,14-24)21(15-25)17-12-16(2)10-11-22(17,27-18)28-19(21)26/h16-18,26H,3-12H2,1-2H3. The van der Waals surface area contributed by atoms with Crippen molar-refractivity contribution < 1.29 is 9.47 Å². The van der Waals surface area contributed by atoms with E-state index in [2.05, 4.69) is 32.1 Å². The van der Waals surface area contributed by atoms with Gasteiger partial charge in [-0.25, -0.2) is 0 Å². The Labute approximate surface area is 167 Å². The zero-order valence-corrected chi connectivity index (χ0v) is 17.0. The predicted molar refractivity (Wildman–Crippen MR) is 103 cm³/mol. The van der Waals surface area contributed by atoms with Crippen LogP contribution in [-0.4, -0.2) is 17.8 Å². The first kappa shape index (κ1) is 20.6. The fourth-order valence-corrected chi connectivity index (χ4v) is 5.51. The average molecular weight is 383 g/mol. The van der Waals surface area contributed by atoms with Crippen molar-refractivity contribution >= 4 is 5.90 Å². The van der Waals surface area contributed by atoms with Crippen LogP contribution >= 0.6 is 0 Å². The quantitative estimate of drug-likeness (QED) is 0.634. The second-order valence-electron chi connectivity index (χ2n) is 8.79. The summed E-state index contributed by atoms with van der Waals surface area (Å²) in [5.41, 5.74) is -3.25. The summed E-state index contributed by atoms with van der Waals surface area (Å²) in [6.45, 7) is 4.28. The molecule has 0 spiro atoms. The minimum Gasteiger partial charge on any atom is -0.447 e. The van der Waals surface area contributed by atoms with Gasteiger partial charge in [-0.05, 0) is 25.2 Å². The van der Waals surface area contributed by atoms with E-state index >= 15 is 0 Å². The number of unbranched alkanes of at least 4 members (excludes halogenated alkanes) is 5. The molecule has 1 N–H and O–H groups in total. The molecule has 3 rings (SSSR count). The van der Waals surface area contributed by atoms with Gasteiger partial charge in [-0.1, -0.05) is 52.4 Å². The molecule has 2 aliphatic heterocycles. The van der Waals surface area contributed by atoms with Gasteiger partial charge in [0.2, 0.25) is 11.7 Å². The molecule has 1 aliphatic carbocycles. The van der Waals surface area contributed by atoms with Crippen LogP contribution in [0.3, 0.4) is 0 Å². The molecule has 2 saturated heterocycles. The topological polar surface area (TPSA) is 114 Å². The van der Waals surface area contributed by atoms with E-state index in [4.69, 9.17) is 14.9 Å². The lowest BCUT2D eigenvalue weighted by Gasteiger charge is -2.52. The first-order valence-electron chi connectivity index (χ1n) is 10.7. The van der Waals surface area contributed by atoms with Gasteiger partial charge in [-0.2, -0.15) is 15.8 Å². The summed E-state index contributed by atoms with van der Waals surface area (Å²) >= 11 is 0. The number of nitriles is 3. The Bertz CT molecular complexity index is 731. The minimum atomic E-state index is -1.70. The molecule has 6 nitrogen and oxygen atoms in total. The monoisotopic (exact) mass is 382 g/mol. The molecule has 5 unspecified atom stereocenters. The highest BCUT2D eigenvalue weighted by atomic mass is 16.7. The van der Waals surface area contributed by atoms with Crippen LogP contribution in [0.25, 0.3) is 0 Å². The maximum absolute atomic E-state index is 10.2. The third-order valence-electron chi connectivity index (χ3n) is 7.11. The number of hydrogen-bond acceptors (Lipinski definition) is 6. The molecule has 0 aromatic heterocycles. The van der Waals surface area contributed by atoms with Crippen molar-refractivity contribution in [2.45, 2.75) is 89.9 Å². The molecule has 150 valence electrons. The van der Waals surface area contributed by atoms with Crippen LogP contribution in [-0.2, 0) is 9.47 Å². The van der Waals surface area contributed by atoms with E-state index in [-0.39, 0.29) is 5.90 Å². The Hall–Kier alpha value is -2.10. The SMILES string of the molecule is CCCCCCCCC1OC23CCC(C)CC2C(C#N)(C(=N)O3)C1(C#N)C#N. The number of ether oxygens (including phenoxy) is 2. The molecular formula is C22H30N4O2. The van der Waals surface area contributed by atoms with Crippen molar-refractivity contribution in [1.29, 1.82) is 21.2 Å². The molecule has 0 aromatic carbocycles. The summed E-state index contributed by atoms with van der Waals surface area (Å²) in [7, 11) is 0. The summed E-state index contributed by atoms with van der Waals surface area (Å²) in [4.78, 5) is 0. The lowest BCUT2D eigenvalue weighted by Crippen LogP contribution is -2.63. The first-order chi connectivity index (χ1) is 13.5. The van der Waals surface area contributed by atoms with Crippen molar-refractivity contribution in [2.24, 2.45) is 22.7 Å². The van der Waals surface area contributed by atoms with E-state index in [0.717, 1.165) is 25.7 Å². The lowest BCUT2D eigenvalue weighted by atomic mass is 9.51. The van der Waals surface area contributed by atoms with Gasteiger partial charge in [0.05, 0.1) is 30.2 Å². The van der Waals surface area contributed by atoms with Gasteiger partial charge in [-0.3, -0.25) is 5.41 Å². The van der Waals surface area contributed by atoms with Crippen LogP contribution < -0.4 is 0 Å². The van der Waals surface area contributed by atoms with E-state index in [1.807, 2.05) is 0 Å². The highest BCUT2D eigenvalue weighted by molar-refractivity contribution is 5.89. The molecule has 0 amide bonds. The molecule has 6 heteroatoms. The first-order valence-corrected chi connectivity index (χ1v) is 10.7. The Morgan fingerprint density at radius 3 is 2.39 bits per heavy atom. The summed E-state index contributed by atoms with van der Waals surface area (Å²) in [5, 5.41) is 38.9. The number of nitrogens with one attached hydrogen (secondary N) is 1. The Balaban J connectivity index is 1.91. The van der Waals surface area contributed by atoms with Crippen LogP contribution in [0.2, 0.25) is 0 Å². The molecule has 0 aromatic rings. The number of rotatable bonds is 7. The van der Waals surface area contributed by atoms with Gasteiger partial charge in [0, 0.05) is 6.42 Å². The van der Waals surface area contributed by atoms with E-state index in [0.29, 0.717) is 25.2 Å². The molecule has 2 heterocycles. The number of nitrogens with zero attached hydrogens (tertiary/aromatic N) is 3. The predicted octanol–water partition coefficient (Wildman–Crippen LogP) is 4.82. The van der Waals surface area contributed by atoms with Gasteiger partial charge in [-0.15, -0.1) is 0 Å². The van der Waals surface area contributed by atoms with Crippen molar-refractivity contribution in [1.82, 2.24) is 0 Å². The van der Waals surface area contributed by atoms with Crippen LogP contribution in [0.1, 0.15) is 78.1 Å². The van der Waals surface area contributed by atoms with Crippen molar-refractivity contribution in [3.05, 3.63) is 0 Å². The van der Waals surface area contributed by atoms with Crippen LogP contribution in [0.4, 0.5) is 0 Å². The van der Waals surface area contributed by atoms with E-state index < -0.39 is 28.6 Å². The highest BCUT2D eigenvalue weighted by Gasteiger charge is 2.80. The van der Waals surface area contributed by atoms with E-state index in [9.17, 15) is 15.8 Å². The summed E-state index contributed by atoms with van der Waals surface area (Å²) in [6.07, 6.45) is 8.51. The number of hydrogen-bond donors (Lipinski definition) is 1. The summed E-state index contributed by atoms with van der Waals surface area (Å²) in [6, 6.07) is 6.53. The van der Waals surface area contributed by atoms with Gasteiger partial charge in [0.25, 0.3) is 0 Å². The van der Waals surface area contributed by atoms with Crippen molar-refractivity contribution in [3.63, 3.8) is 0 Å². The van der Waals surface area contributed by atoms with Crippen molar-refractivity contribution in [3.8, 4) is 18.2 Å². The molecule has 28 heavy (non-hydrogen) atoms. The molecule has 3 aliphatic rings. The molecule has 0 radical (unpaired) electrons. The van der Waals surface area contributed by atoms with Gasteiger partial charge in [0.1, 0.15) is 0 Å². The lowest BCUT2D eigenvalue weighted by molar-refractivity contribution is -0.296. The highest BCUT2D eigenvalue weighted by Crippen LogP contribution is 2.67. The van der Waals surface area contributed by atoms with Gasteiger partial charge >= 0.3 is 0 Å². The summed E-state index contributed by atoms with van der Waals surface area (Å²) < 4.78 is 12.3. The zero-order valence-electron chi connectivity index (χ0n) is 17.0. The van der Waals surface area contributed by atoms with Crippen molar-refractivity contribution in [2.75, 3.05) is 0 Å². The van der Waals surface area contributed by atoms with E-state index in [1.54, 1.807) is 0 Å². The van der Waals surface area contributed by atoms with E-state index in [1.165, 1.54) is 19.3 Å². The van der Waals surface area contributed by atoms with Crippen LogP contribution in [0.15, 0.2) is 0 Å². The third kappa shape index (κ3) is 2.72. The van der Waals surface area contributed by atoms with Gasteiger partial charge < -0.3 is 9.47 Å². The minimum absolute atomic E-state index is 0.248. The molecule has 5 atom stereocenters. The Morgan fingerprint density at radius 2 is 1.75 bits per heavy atom.